The predicted octanol–water partition coefficient (Wildman–Crippen LogP) is 15.7. The van der Waals surface area contributed by atoms with Gasteiger partial charge in [0.1, 0.15) is 0 Å². The van der Waals surface area contributed by atoms with E-state index in [-0.39, 0.29) is 0 Å². The first-order chi connectivity index (χ1) is 32.8. The van der Waals surface area contributed by atoms with Gasteiger partial charge in [-0.15, -0.1) is 0 Å². The first-order valence-electron chi connectivity index (χ1n) is 22.1. The van der Waals surface area contributed by atoms with Crippen LogP contribution in [-0.2, 0) is 6.18 Å². The quantitative estimate of drug-likeness (QED) is 0.160. The molecule has 0 atom stereocenters. The van der Waals surface area contributed by atoms with E-state index in [9.17, 15) is 13.2 Å². The van der Waals surface area contributed by atoms with Crippen molar-refractivity contribution in [2.45, 2.75) is 13.1 Å². The third-order valence-electron chi connectivity index (χ3n) is 12.7. The molecule has 3 aromatic heterocycles. The van der Waals surface area contributed by atoms with E-state index < -0.39 is 11.7 Å². The van der Waals surface area contributed by atoms with Crippen LogP contribution in [0.5, 0.6) is 0 Å². The molecule has 0 unspecified atom stereocenters. The predicted molar refractivity (Wildman–Crippen MR) is 265 cm³/mol. The zero-order valence-electron chi connectivity index (χ0n) is 36.1. The lowest BCUT2D eigenvalue weighted by atomic mass is 9.91. The minimum atomic E-state index is -4.51. The molecule has 9 aromatic carbocycles. The molecule has 0 radical (unpaired) electrons. The van der Waals surface area contributed by atoms with Crippen molar-refractivity contribution in [2.24, 2.45) is 0 Å². The van der Waals surface area contributed by atoms with Gasteiger partial charge in [0.25, 0.3) is 0 Å². The summed E-state index contributed by atoms with van der Waals surface area (Å²) in [7, 11) is 0. The van der Waals surface area contributed by atoms with Crippen molar-refractivity contribution in [1.82, 2.24) is 24.1 Å². The van der Waals surface area contributed by atoms with Gasteiger partial charge in [-0.3, -0.25) is 0 Å². The number of aryl methyl sites for hydroxylation is 1. The van der Waals surface area contributed by atoms with Gasteiger partial charge in [0.05, 0.1) is 33.3 Å². The monoisotopic (exact) mass is 873 g/mol. The molecule has 0 aliphatic heterocycles. The Bertz CT molecular complexity index is 3720. The number of fused-ring (bicyclic) bond motifs is 6. The minimum absolute atomic E-state index is 0.429. The highest BCUT2D eigenvalue weighted by Gasteiger charge is 2.31. The maximum Gasteiger partial charge on any atom is 0.416 e. The number of aromatic nitrogens is 5. The van der Waals surface area contributed by atoms with Gasteiger partial charge in [0, 0.05) is 55.0 Å². The molecule has 320 valence electrons. The number of benzene rings is 9. The van der Waals surface area contributed by atoms with E-state index in [1.54, 1.807) is 12.1 Å². The summed E-state index contributed by atoms with van der Waals surface area (Å²) in [5, 5.41) is 4.42. The lowest BCUT2D eigenvalue weighted by Gasteiger charge is -2.21. The van der Waals surface area contributed by atoms with Crippen molar-refractivity contribution in [3.05, 3.63) is 223 Å². The highest BCUT2D eigenvalue weighted by molar-refractivity contribution is 6.13. The molecule has 0 fully saturated rings. The van der Waals surface area contributed by atoms with E-state index in [0.29, 0.717) is 34.2 Å². The lowest BCUT2D eigenvalue weighted by Crippen LogP contribution is -2.05. The summed E-state index contributed by atoms with van der Waals surface area (Å²) >= 11 is 0. The zero-order chi connectivity index (χ0) is 45.2. The maximum atomic E-state index is 14.2. The van der Waals surface area contributed by atoms with Gasteiger partial charge in [-0.1, -0.05) is 157 Å². The van der Waals surface area contributed by atoms with Gasteiger partial charge in [-0.2, -0.15) is 13.2 Å². The van der Waals surface area contributed by atoms with Gasteiger partial charge < -0.3 is 9.13 Å². The number of alkyl halides is 3. The normalized spacial score (nSPS) is 11.9. The molecule has 3 heterocycles. The largest absolute Gasteiger partial charge is 0.416 e. The van der Waals surface area contributed by atoms with E-state index in [2.05, 4.69) is 131 Å². The smallest absolute Gasteiger partial charge is 0.309 e. The van der Waals surface area contributed by atoms with E-state index in [1.807, 2.05) is 72.8 Å². The molecule has 8 heteroatoms. The first-order valence-corrected chi connectivity index (χ1v) is 22.1. The molecule has 67 heavy (non-hydrogen) atoms. The fourth-order valence-electron chi connectivity index (χ4n) is 9.50. The van der Waals surface area contributed by atoms with Crippen LogP contribution in [0.2, 0.25) is 0 Å². The molecule has 0 saturated heterocycles. The Morgan fingerprint density at radius 3 is 1.28 bits per heavy atom. The highest BCUT2D eigenvalue weighted by atomic mass is 19.4. The summed E-state index contributed by atoms with van der Waals surface area (Å²) < 4.78 is 47.2. The lowest BCUT2D eigenvalue weighted by molar-refractivity contribution is -0.137. The Morgan fingerprint density at radius 1 is 0.358 bits per heavy atom. The zero-order valence-corrected chi connectivity index (χ0v) is 36.1. The van der Waals surface area contributed by atoms with Crippen LogP contribution in [0, 0.1) is 6.92 Å². The van der Waals surface area contributed by atoms with Crippen molar-refractivity contribution < 1.29 is 13.2 Å². The van der Waals surface area contributed by atoms with Crippen molar-refractivity contribution in [3.8, 4) is 67.8 Å². The average molecular weight is 874 g/mol. The number of hydrogen-bond acceptors (Lipinski definition) is 3. The van der Waals surface area contributed by atoms with Crippen molar-refractivity contribution in [1.29, 1.82) is 0 Å². The maximum absolute atomic E-state index is 14.2. The number of halogens is 3. The van der Waals surface area contributed by atoms with E-state index in [1.165, 1.54) is 10.8 Å². The molecular weight excluding hydrogens is 836 g/mol. The van der Waals surface area contributed by atoms with Crippen LogP contribution in [0.3, 0.4) is 0 Å². The average Bonchev–Trinajstić information content (AvgIpc) is 3.89. The molecule has 0 bridgehead atoms. The van der Waals surface area contributed by atoms with Gasteiger partial charge in [-0.05, 0) is 78.7 Å². The van der Waals surface area contributed by atoms with E-state index >= 15 is 0 Å². The molecule has 0 aliphatic rings. The number of para-hydroxylation sites is 3. The van der Waals surface area contributed by atoms with Gasteiger partial charge >= 0.3 is 6.18 Å². The van der Waals surface area contributed by atoms with E-state index in [4.69, 9.17) is 15.0 Å². The molecule has 0 saturated carbocycles. The molecule has 12 rings (SSSR count). The third kappa shape index (κ3) is 6.93. The number of nitrogens with zero attached hydrogens (tertiary/aromatic N) is 5. The summed E-state index contributed by atoms with van der Waals surface area (Å²) in [6, 6.07) is 69.4. The van der Waals surface area contributed by atoms with Crippen molar-refractivity contribution >= 4 is 43.6 Å². The van der Waals surface area contributed by atoms with E-state index in [0.717, 1.165) is 84.2 Å². The Morgan fingerprint density at radius 2 is 0.776 bits per heavy atom. The summed E-state index contributed by atoms with van der Waals surface area (Å²) in [5.74, 6) is 1.43. The third-order valence-corrected chi connectivity index (χ3v) is 12.7. The fourth-order valence-corrected chi connectivity index (χ4v) is 9.50. The van der Waals surface area contributed by atoms with Crippen LogP contribution in [0.4, 0.5) is 13.2 Å². The summed E-state index contributed by atoms with van der Waals surface area (Å²) in [4.78, 5) is 15.2. The van der Waals surface area contributed by atoms with Crippen LogP contribution in [0.15, 0.2) is 212 Å². The van der Waals surface area contributed by atoms with Crippen LogP contribution >= 0.6 is 0 Å². The van der Waals surface area contributed by atoms with Gasteiger partial charge in [0.2, 0.25) is 0 Å². The molecule has 0 aliphatic carbocycles. The second kappa shape index (κ2) is 15.8. The van der Waals surface area contributed by atoms with Crippen LogP contribution in [0.25, 0.3) is 111 Å². The Labute approximate surface area is 383 Å². The Balaban J connectivity index is 1.17. The topological polar surface area (TPSA) is 48.5 Å². The number of rotatable bonds is 7. The van der Waals surface area contributed by atoms with Crippen LogP contribution in [-0.4, -0.2) is 24.1 Å². The summed E-state index contributed by atoms with van der Waals surface area (Å²) in [6.07, 6.45) is -4.51. The second-order valence-electron chi connectivity index (χ2n) is 16.8. The molecule has 12 aromatic rings. The standard InChI is InChI=1S/C59H38F3N5/c1-37-24-26-38(27-25-37)48-34-42(58-64-56(40-14-4-2-5-15-40)63-57(65-58)41-16-6-3-7-17-41)35-49(39-28-30-43(31-29-39)59(60,61)62)55(48)67-53-23-13-10-20-47(53)50-36-44(32-33-54(50)67)66-51-21-11-8-18-45(51)46-19-9-12-22-52(46)66/h2-36H,1H3. The Kier molecular flexibility index (Phi) is 9.43. The Hall–Kier alpha value is -8.62. The summed E-state index contributed by atoms with van der Waals surface area (Å²) in [5.41, 5.74) is 11.7. The molecule has 0 amide bonds. The second-order valence-corrected chi connectivity index (χ2v) is 16.8. The van der Waals surface area contributed by atoms with Crippen LogP contribution < -0.4 is 0 Å². The first kappa shape index (κ1) is 39.9. The molecule has 0 N–H and O–H groups in total. The highest BCUT2D eigenvalue weighted by Crippen LogP contribution is 2.45. The van der Waals surface area contributed by atoms with Crippen molar-refractivity contribution in [2.75, 3.05) is 0 Å². The molecule has 0 spiro atoms. The molecular formula is C59H38F3N5. The van der Waals surface area contributed by atoms with Gasteiger partial charge in [0.15, 0.2) is 17.5 Å². The van der Waals surface area contributed by atoms with Gasteiger partial charge in [-0.25, -0.2) is 15.0 Å². The van der Waals surface area contributed by atoms with Crippen LogP contribution in [0.1, 0.15) is 11.1 Å². The summed E-state index contributed by atoms with van der Waals surface area (Å²) in [6.45, 7) is 2.05. The SMILES string of the molecule is Cc1ccc(-c2cc(-c3nc(-c4ccccc4)nc(-c4ccccc4)n3)cc(-c3ccc(C(F)(F)F)cc3)c2-n2c3ccccc3c3cc(-n4c5ccccc5c5ccccc54)ccc32)cc1. The molecule has 5 nitrogen and oxygen atoms in total. The number of hydrogen-bond donors (Lipinski definition) is 0. The minimum Gasteiger partial charge on any atom is -0.309 e. The fraction of sp³-hybridized carbons (Fsp3) is 0.0339. The van der Waals surface area contributed by atoms with Crippen molar-refractivity contribution in [3.63, 3.8) is 0 Å².